The molecule has 0 aromatic carbocycles. The van der Waals surface area contributed by atoms with Crippen molar-refractivity contribution in [1.29, 1.82) is 0 Å². The van der Waals surface area contributed by atoms with E-state index in [1.165, 1.54) is 8.66 Å². The Morgan fingerprint density at radius 2 is 2.15 bits per heavy atom. The molecule has 1 unspecified atom stereocenters. The van der Waals surface area contributed by atoms with Crippen LogP contribution in [0.5, 0.6) is 0 Å². The minimum absolute atomic E-state index is 0.291. The smallest absolute Gasteiger partial charge is 0.194 e. The third kappa shape index (κ3) is 5.33. The van der Waals surface area contributed by atoms with Crippen LogP contribution in [0.4, 0.5) is 0 Å². The average molecular weight is 441 g/mol. The Labute approximate surface area is 166 Å². The summed E-state index contributed by atoms with van der Waals surface area (Å²) in [6, 6.07) is 7.84. The van der Waals surface area contributed by atoms with E-state index >= 15 is 0 Å². The molecule has 1 fully saturated rings. The predicted octanol–water partition coefficient (Wildman–Crippen LogP) is 2.92. The summed E-state index contributed by atoms with van der Waals surface area (Å²) in [5.74, 6) is 1.41. The van der Waals surface area contributed by atoms with E-state index in [-0.39, 0.29) is 0 Å². The highest BCUT2D eigenvalue weighted by Gasteiger charge is 2.20. The summed E-state index contributed by atoms with van der Waals surface area (Å²) in [6.07, 6.45) is 0.857. The second kappa shape index (κ2) is 9.55. The van der Waals surface area contributed by atoms with Crippen molar-refractivity contribution in [3.63, 3.8) is 0 Å². The van der Waals surface area contributed by atoms with Crippen molar-refractivity contribution in [1.82, 2.24) is 15.1 Å². The number of nitrogens with one attached hydrogen (secondary N) is 1. The summed E-state index contributed by atoms with van der Waals surface area (Å²) in [5, 5.41) is 13.5. The molecule has 26 heavy (non-hydrogen) atoms. The Morgan fingerprint density at radius 3 is 2.77 bits per heavy atom. The molecule has 0 saturated carbocycles. The van der Waals surface area contributed by atoms with Crippen LogP contribution in [-0.2, 0) is 6.54 Å². The number of piperazine rings is 1. The first-order chi connectivity index (χ1) is 12.7. The van der Waals surface area contributed by atoms with Gasteiger partial charge in [-0.2, -0.15) is 0 Å². The molecule has 8 heteroatoms. The van der Waals surface area contributed by atoms with Crippen LogP contribution in [0.25, 0.3) is 0 Å². The second-order valence-electron chi connectivity index (χ2n) is 6.19. The maximum absolute atomic E-state index is 10.2. The fourth-order valence-electron chi connectivity index (χ4n) is 2.94. The normalized spacial score (nSPS) is 17.5. The van der Waals surface area contributed by atoms with Gasteiger partial charge in [-0.25, -0.2) is 4.99 Å². The van der Waals surface area contributed by atoms with Gasteiger partial charge in [-0.15, -0.1) is 11.3 Å². The minimum Gasteiger partial charge on any atom is -0.467 e. The van der Waals surface area contributed by atoms with Crippen LogP contribution >= 0.6 is 27.3 Å². The summed E-state index contributed by atoms with van der Waals surface area (Å²) >= 11 is 5.32. The van der Waals surface area contributed by atoms with Gasteiger partial charge in [0.2, 0.25) is 0 Å². The van der Waals surface area contributed by atoms with Crippen LogP contribution in [0.3, 0.4) is 0 Å². The summed E-state index contributed by atoms with van der Waals surface area (Å²) in [5.41, 5.74) is 0. The topological polar surface area (TPSA) is 64.2 Å². The highest BCUT2D eigenvalue weighted by molar-refractivity contribution is 9.11. The quantitative estimate of drug-likeness (QED) is 0.533. The molecule has 2 aromatic rings. The van der Waals surface area contributed by atoms with E-state index < -0.39 is 6.10 Å². The largest absolute Gasteiger partial charge is 0.467 e. The van der Waals surface area contributed by atoms with Crippen molar-refractivity contribution in [3.8, 4) is 0 Å². The van der Waals surface area contributed by atoms with Crippen molar-refractivity contribution in [2.45, 2.75) is 19.6 Å². The van der Waals surface area contributed by atoms with Gasteiger partial charge in [0.15, 0.2) is 5.96 Å². The third-order valence-electron chi connectivity index (χ3n) is 4.30. The minimum atomic E-state index is -0.711. The van der Waals surface area contributed by atoms with Gasteiger partial charge in [0.1, 0.15) is 11.9 Å². The Hall–Kier alpha value is -1.35. The Balaban J connectivity index is 1.53. The number of thiophene rings is 1. The van der Waals surface area contributed by atoms with Crippen molar-refractivity contribution < 1.29 is 9.52 Å². The van der Waals surface area contributed by atoms with E-state index in [0.29, 0.717) is 12.3 Å². The first-order valence-corrected chi connectivity index (χ1v) is 10.5. The van der Waals surface area contributed by atoms with E-state index in [4.69, 9.17) is 4.42 Å². The molecular formula is C18H25BrN4O2S. The fraction of sp³-hybridized carbons (Fsp3) is 0.500. The molecule has 1 saturated heterocycles. The maximum Gasteiger partial charge on any atom is 0.194 e. The van der Waals surface area contributed by atoms with Crippen LogP contribution < -0.4 is 5.32 Å². The number of hydrogen-bond acceptors (Lipinski definition) is 5. The Morgan fingerprint density at radius 1 is 1.35 bits per heavy atom. The first kappa shape index (κ1) is 19.4. The summed E-state index contributed by atoms with van der Waals surface area (Å²) < 4.78 is 6.43. The Bertz CT molecular complexity index is 696. The monoisotopic (exact) mass is 440 g/mol. The van der Waals surface area contributed by atoms with E-state index in [9.17, 15) is 5.11 Å². The molecule has 1 aliphatic rings. The Kier molecular flexibility index (Phi) is 7.13. The van der Waals surface area contributed by atoms with Gasteiger partial charge >= 0.3 is 0 Å². The molecule has 2 N–H and O–H groups in total. The number of hydrogen-bond donors (Lipinski definition) is 2. The number of aliphatic hydroxyl groups is 1. The number of furan rings is 1. The number of guanidine groups is 1. The van der Waals surface area contributed by atoms with E-state index in [1.54, 1.807) is 29.7 Å². The van der Waals surface area contributed by atoms with Crippen molar-refractivity contribution in [2.24, 2.45) is 4.99 Å². The van der Waals surface area contributed by atoms with Gasteiger partial charge in [0.05, 0.1) is 16.6 Å². The highest BCUT2D eigenvalue weighted by atomic mass is 79.9. The molecule has 6 nitrogen and oxygen atoms in total. The standard InChI is InChI=1S/C18H25BrN4O2S/c1-2-20-18(21-12-15(24)16-4-3-11-25-16)23-9-7-22(8-10-23)13-14-5-6-17(19)26-14/h3-6,11,15,24H,2,7-10,12-13H2,1H3,(H,20,21). The maximum atomic E-state index is 10.2. The summed E-state index contributed by atoms with van der Waals surface area (Å²) in [7, 11) is 0. The lowest BCUT2D eigenvalue weighted by Crippen LogP contribution is -2.52. The zero-order valence-electron chi connectivity index (χ0n) is 14.9. The van der Waals surface area contributed by atoms with Crippen molar-refractivity contribution in [3.05, 3.63) is 45.0 Å². The van der Waals surface area contributed by atoms with E-state index in [1.807, 2.05) is 0 Å². The fourth-order valence-corrected chi connectivity index (χ4v) is 4.47. The van der Waals surface area contributed by atoms with Crippen LogP contribution in [0, 0.1) is 0 Å². The molecular weight excluding hydrogens is 416 g/mol. The van der Waals surface area contributed by atoms with Crippen LogP contribution in [0.1, 0.15) is 23.7 Å². The van der Waals surface area contributed by atoms with Gasteiger partial charge < -0.3 is 19.7 Å². The van der Waals surface area contributed by atoms with Crippen LogP contribution in [0.15, 0.2) is 43.7 Å². The van der Waals surface area contributed by atoms with Crippen LogP contribution in [-0.4, -0.2) is 60.1 Å². The van der Waals surface area contributed by atoms with E-state index in [0.717, 1.165) is 45.2 Å². The molecule has 3 heterocycles. The predicted molar refractivity (Wildman–Crippen MR) is 109 cm³/mol. The van der Waals surface area contributed by atoms with Gasteiger partial charge in [-0.1, -0.05) is 0 Å². The molecule has 0 aliphatic carbocycles. The molecule has 3 rings (SSSR count). The van der Waals surface area contributed by atoms with Crippen molar-refractivity contribution >= 4 is 33.2 Å². The molecule has 0 amide bonds. The lowest BCUT2D eigenvalue weighted by molar-refractivity contribution is 0.155. The van der Waals surface area contributed by atoms with Gasteiger partial charge in [-0.05, 0) is 47.1 Å². The lowest BCUT2D eigenvalue weighted by Gasteiger charge is -2.36. The zero-order chi connectivity index (χ0) is 18.4. The van der Waals surface area contributed by atoms with Gasteiger partial charge in [-0.3, -0.25) is 4.90 Å². The van der Waals surface area contributed by atoms with Gasteiger partial charge in [0.25, 0.3) is 0 Å². The lowest BCUT2D eigenvalue weighted by atomic mass is 10.3. The number of aliphatic imine (C=N–C) groups is 1. The zero-order valence-corrected chi connectivity index (χ0v) is 17.3. The number of rotatable bonds is 6. The number of aliphatic hydroxyl groups excluding tert-OH is 1. The van der Waals surface area contributed by atoms with Crippen molar-refractivity contribution in [2.75, 3.05) is 39.3 Å². The molecule has 0 bridgehead atoms. The molecule has 0 radical (unpaired) electrons. The SMILES string of the molecule is CCNC(=NCC(O)c1ccco1)N1CCN(Cc2ccc(Br)s2)CC1. The average Bonchev–Trinajstić information content (AvgIpc) is 3.31. The summed E-state index contributed by atoms with van der Waals surface area (Å²) in [4.78, 5) is 10.7. The summed E-state index contributed by atoms with van der Waals surface area (Å²) in [6.45, 7) is 8.00. The van der Waals surface area contributed by atoms with Gasteiger partial charge in [0, 0.05) is 44.1 Å². The molecule has 1 aliphatic heterocycles. The molecule has 2 aromatic heterocycles. The second-order valence-corrected chi connectivity index (χ2v) is 8.74. The van der Waals surface area contributed by atoms with Crippen LogP contribution in [0.2, 0.25) is 0 Å². The number of nitrogens with zero attached hydrogens (tertiary/aromatic N) is 3. The molecule has 142 valence electrons. The third-order valence-corrected chi connectivity index (χ3v) is 5.91. The molecule has 1 atom stereocenters. The first-order valence-electron chi connectivity index (χ1n) is 8.87. The van der Waals surface area contributed by atoms with E-state index in [2.05, 4.69) is 55.1 Å². The highest BCUT2D eigenvalue weighted by Crippen LogP contribution is 2.23. The number of halogens is 1. The molecule has 0 spiro atoms.